The Morgan fingerprint density at radius 2 is 1.02 bits per heavy atom. The van der Waals surface area contributed by atoms with E-state index in [1.54, 1.807) is 0 Å². The zero-order valence-electron chi connectivity index (χ0n) is 37.6. The Hall–Kier alpha value is -3.12. The molecule has 350 valence electrons. The number of phosphoric acid groups is 1. The van der Waals surface area contributed by atoms with Crippen LogP contribution in [0.5, 0.6) is 0 Å². The third-order valence-electron chi connectivity index (χ3n) is 9.59. The number of ether oxygens (including phenoxy) is 2. The second-order valence-electron chi connectivity index (χ2n) is 15.3. The summed E-state index contributed by atoms with van der Waals surface area (Å²) in [6, 6.07) is -1.54. The second-order valence-corrected chi connectivity index (χ2v) is 16.8. The van der Waals surface area contributed by atoms with Gasteiger partial charge in [-0.3, -0.25) is 23.4 Å². The quantitative estimate of drug-likeness (QED) is 0.0197. The van der Waals surface area contributed by atoms with E-state index in [1.807, 2.05) is 19.1 Å². The average Bonchev–Trinajstić information content (AvgIpc) is 3.24. The molecule has 0 aromatic carbocycles. The van der Waals surface area contributed by atoms with E-state index in [0.29, 0.717) is 19.3 Å². The molecule has 0 aliphatic rings. The van der Waals surface area contributed by atoms with E-state index in [-0.39, 0.29) is 25.6 Å². The van der Waals surface area contributed by atoms with Crippen LogP contribution in [0.3, 0.4) is 0 Å². The summed E-state index contributed by atoms with van der Waals surface area (Å²) in [6.07, 6.45) is 47.7. The number of carbonyl (C=O) groups is 3. The van der Waals surface area contributed by atoms with Crippen molar-refractivity contribution in [2.24, 2.45) is 5.73 Å². The number of nitrogens with two attached hydrogens (primary N) is 1. The molecule has 12 nitrogen and oxygen atoms in total. The number of allylic oxidation sites excluding steroid dienone is 12. The van der Waals surface area contributed by atoms with E-state index in [0.717, 1.165) is 70.6 Å². The van der Waals surface area contributed by atoms with Crippen molar-refractivity contribution < 1.29 is 52.6 Å². The zero-order chi connectivity index (χ0) is 45.1. The average molecular weight is 880 g/mol. The monoisotopic (exact) mass is 880 g/mol. The molecule has 0 aromatic heterocycles. The van der Waals surface area contributed by atoms with E-state index >= 15 is 0 Å². The molecule has 0 bridgehead atoms. The van der Waals surface area contributed by atoms with Crippen LogP contribution in [0.1, 0.15) is 174 Å². The maximum atomic E-state index is 12.6. The minimum absolute atomic E-state index is 0.0680. The number of hydrogen-bond acceptors (Lipinski definition) is 10. The van der Waals surface area contributed by atoms with Crippen LogP contribution in [-0.2, 0) is 37.5 Å². The number of aliphatic hydroxyl groups excluding tert-OH is 1. The van der Waals surface area contributed by atoms with Crippen LogP contribution in [0.25, 0.3) is 0 Å². The Kier molecular flexibility index (Phi) is 40.0. The van der Waals surface area contributed by atoms with Gasteiger partial charge >= 0.3 is 25.7 Å². The number of aliphatic carboxylic acids is 1. The molecule has 61 heavy (non-hydrogen) atoms. The summed E-state index contributed by atoms with van der Waals surface area (Å²) < 4.78 is 32.7. The van der Waals surface area contributed by atoms with Crippen molar-refractivity contribution in [1.29, 1.82) is 0 Å². The highest BCUT2D eigenvalue weighted by molar-refractivity contribution is 7.47. The van der Waals surface area contributed by atoms with Crippen molar-refractivity contribution in [3.63, 3.8) is 0 Å². The molecule has 0 amide bonds. The van der Waals surface area contributed by atoms with Gasteiger partial charge in [-0.2, -0.15) is 0 Å². The number of rotatable bonds is 42. The van der Waals surface area contributed by atoms with Gasteiger partial charge in [0.15, 0.2) is 6.10 Å². The van der Waals surface area contributed by atoms with Crippen LogP contribution >= 0.6 is 7.82 Å². The molecule has 13 heteroatoms. The standard InChI is InChI=1S/C48H82NO11P/c1-3-5-6-7-8-9-10-11-12-13-14-15-16-20-23-26-29-32-35-38-46(51)57-40-44(41-58-61(55,56)59-42-45(49)48(53)54)60-47(52)39-36-33-30-27-24-21-18-17-19-22-25-28-31-34-37-43(50)4-2/h8-9,11-12,18-19,21-22,27-28,30-31,43-45,50H,3-7,10,13-17,20,23-26,29,32-42,49H2,1-2H3,(H,53,54)(H,55,56)/b9-8-,12-11-,21-18-,22-19-,30-27-,31-28-/t43-,44-,45+/m1/s1. The van der Waals surface area contributed by atoms with Gasteiger partial charge in [-0.25, -0.2) is 4.57 Å². The number of aliphatic hydroxyl groups is 1. The topological polar surface area (TPSA) is 192 Å². The molecule has 0 radical (unpaired) electrons. The Labute approximate surface area is 368 Å². The lowest BCUT2D eigenvalue weighted by atomic mass is 10.1. The zero-order valence-corrected chi connectivity index (χ0v) is 38.5. The van der Waals surface area contributed by atoms with Gasteiger partial charge in [-0.15, -0.1) is 0 Å². The number of carboxylic acids is 1. The molecule has 4 atom stereocenters. The predicted octanol–water partition coefficient (Wildman–Crippen LogP) is 11.5. The molecule has 0 saturated heterocycles. The third kappa shape index (κ3) is 42.0. The van der Waals surface area contributed by atoms with Crippen molar-refractivity contribution in [3.8, 4) is 0 Å². The summed E-state index contributed by atoms with van der Waals surface area (Å²) in [6.45, 7) is 2.43. The fourth-order valence-corrected chi connectivity index (χ4v) is 6.55. The molecule has 0 aliphatic carbocycles. The van der Waals surface area contributed by atoms with E-state index < -0.39 is 51.1 Å². The minimum Gasteiger partial charge on any atom is -0.480 e. The van der Waals surface area contributed by atoms with Crippen LogP contribution < -0.4 is 5.73 Å². The lowest BCUT2D eigenvalue weighted by Crippen LogP contribution is -2.34. The van der Waals surface area contributed by atoms with Crippen LogP contribution in [0.2, 0.25) is 0 Å². The molecule has 0 rings (SSSR count). The second kappa shape index (κ2) is 42.2. The molecule has 0 spiro atoms. The number of esters is 2. The van der Waals surface area contributed by atoms with Gasteiger partial charge < -0.3 is 30.3 Å². The number of phosphoric ester groups is 1. The molecule has 0 fully saturated rings. The first-order valence-electron chi connectivity index (χ1n) is 23.0. The van der Waals surface area contributed by atoms with Crippen molar-refractivity contribution in [1.82, 2.24) is 0 Å². The summed E-state index contributed by atoms with van der Waals surface area (Å²) in [5, 5.41) is 18.5. The smallest absolute Gasteiger partial charge is 0.472 e. The highest BCUT2D eigenvalue weighted by atomic mass is 31.2. The van der Waals surface area contributed by atoms with Gasteiger partial charge in [0.1, 0.15) is 12.6 Å². The first-order chi connectivity index (χ1) is 29.5. The molecular formula is C48H82NO11P. The summed E-state index contributed by atoms with van der Waals surface area (Å²) in [5.74, 6) is -2.49. The van der Waals surface area contributed by atoms with Gasteiger partial charge in [0.05, 0.1) is 19.3 Å². The Morgan fingerprint density at radius 1 is 0.574 bits per heavy atom. The van der Waals surface area contributed by atoms with E-state index in [1.165, 1.54) is 57.8 Å². The van der Waals surface area contributed by atoms with Crippen LogP contribution in [0, 0.1) is 0 Å². The number of unbranched alkanes of at least 4 members (excludes halogenated alkanes) is 13. The normalized spacial score (nSPS) is 14.8. The number of hydrogen-bond donors (Lipinski definition) is 4. The Balaban J connectivity index is 4.43. The fraction of sp³-hybridized carbons (Fsp3) is 0.688. The lowest BCUT2D eigenvalue weighted by molar-refractivity contribution is -0.161. The van der Waals surface area contributed by atoms with Crippen molar-refractivity contribution in [2.75, 3.05) is 19.8 Å². The largest absolute Gasteiger partial charge is 0.480 e. The van der Waals surface area contributed by atoms with Gasteiger partial charge in [0, 0.05) is 12.8 Å². The molecule has 0 aromatic rings. The van der Waals surface area contributed by atoms with Crippen molar-refractivity contribution in [3.05, 3.63) is 72.9 Å². The summed E-state index contributed by atoms with van der Waals surface area (Å²) in [4.78, 5) is 46.0. The summed E-state index contributed by atoms with van der Waals surface area (Å²) >= 11 is 0. The van der Waals surface area contributed by atoms with Gasteiger partial charge in [-0.1, -0.05) is 145 Å². The van der Waals surface area contributed by atoms with Gasteiger partial charge in [-0.05, 0) is 89.9 Å². The first kappa shape index (κ1) is 57.9. The Bertz CT molecular complexity index is 1330. The van der Waals surface area contributed by atoms with Gasteiger partial charge in [0.25, 0.3) is 0 Å². The van der Waals surface area contributed by atoms with E-state index in [2.05, 4.69) is 72.2 Å². The summed E-state index contributed by atoms with van der Waals surface area (Å²) in [5.41, 5.74) is 5.33. The van der Waals surface area contributed by atoms with E-state index in [9.17, 15) is 28.9 Å². The molecule has 0 aliphatic heterocycles. The Morgan fingerprint density at radius 3 is 1.54 bits per heavy atom. The third-order valence-corrected chi connectivity index (χ3v) is 10.5. The van der Waals surface area contributed by atoms with Crippen LogP contribution in [-0.4, -0.2) is 71.1 Å². The lowest BCUT2D eigenvalue weighted by Gasteiger charge is -2.20. The molecule has 0 saturated carbocycles. The molecule has 5 N–H and O–H groups in total. The van der Waals surface area contributed by atoms with Crippen molar-refractivity contribution in [2.45, 2.75) is 193 Å². The van der Waals surface area contributed by atoms with Crippen molar-refractivity contribution >= 4 is 25.7 Å². The minimum atomic E-state index is -4.75. The van der Waals surface area contributed by atoms with Crippen LogP contribution in [0.4, 0.5) is 0 Å². The highest BCUT2D eigenvalue weighted by Gasteiger charge is 2.28. The summed E-state index contributed by atoms with van der Waals surface area (Å²) in [7, 11) is -4.75. The molecular weight excluding hydrogens is 797 g/mol. The van der Waals surface area contributed by atoms with E-state index in [4.69, 9.17) is 24.8 Å². The number of carboxylic acid groups (broad SMARTS) is 1. The number of carbonyl (C=O) groups excluding carboxylic acids is 2. The maximum absolute atomic E-state index is 12.6. The van der Waals surface area contributed by atoms with Crippen LogP contribution in [0.15, 0.2) is 72.9 Å². The molecule has 1 unspecified atom stereocenters. The van der Waals surface area contributed by atoms with Gasteiger partial charge in [0.2, 0.25) is 0 Å². The predicted molar refractivity (Wildman–Crippen MR) is 246 cm³/mol. The maximum Gasteiger partial charge on any atom is 0.472 e. The fourth-order valence-electron chi connectivity index (χ4n) is 5.77. The first-order valence-corrected chi connectivity index (χ1v) is 24.5. The SMILES string of the molecule is CCCCC/C=C\C/C=C\CCCCCCCCCCCC(=O)OC[C@H](COP(=O)(O)OC[C@H](N)C(=O)O)OC(=O)CCC/C=C\C/C=C\C/C=C\C/C=C\CC[C@H](O)CC. The molecule has 0 heterocycles. The highest BCUT2D eigenvalue weighted by Crippen LogP contribution is 2.43.